The molecule has 1 aliphatic heterocycles. The summed E-state index contributed by atoms with van der Waals surface area (Å²) < 4.78 is 5.71. The maximum absolute atomic E-state index is 13.3. The number of rotatable bonds is 11. The number of ketones is 2. The molecule has 3 atom stereocenters. The molecule has 1 saturated heterocycles. The highest BCUT2D eigenvalue weighted by Crippen LogP contribution is 2.32. The maximum Gasteiger partial charge on any atom is 0.270 e. The van der Waals surface area contributed by atoms with Crippen LogP contribution in [0.15, 0.2) is 42.5 Å². The van der Waals surface area contributed by atoms with Crippen molar-refractivity contribution in [3.05, 3.63) is 63.7 Å². The summed E-state index contributed by atoms with van der Waals surface area (Å²) in [5.74, 6) is -0.682. The van der Waals surface area contributed by atoms with Crippen molar-refractivity contribution in [2.75, 3.05) is 6.61 Å². The van der Waals surface area contributed by atoms with Gasteiger partial charge in [0, 0.05) is 36.0 Å². The number of likely N-dealkylation sites (tertiary alicyclic amines) is 1. The minimum atomic E-state index is -0.727. The molecule has 2 aromatic carbocycles. The smallest absolute Gasteiger partial charge is 0.270 e. The van der Waals surface area contributed by atoms with E-state index in [2.05, 4.69) is 0 Å². The molecule has 1 heterocycles. The molecular formula is C27H32N2O7. The van der Waals surface area contributed by atoms with Crippen LogP contribution < -0.4 is 4.74 Å². The zero-order valence-corrected chi connectivity index (χ0v) is 20.8. The number of nitro groups is 1. The molecule has 0 aromatic heterocycles. The van der Waals surface area contributed by atoms with Gasteiger partial charge in [0.1, 0.15) is 17.3 Å². The topological polar surface area (TPSA) is 127 Å². The number of ether oxygens (including phenoxy) is 1. The Bertz CT molecular complexity index is 1130. The highest BCUT2D eigenvalue weighted by molar-refractivity contribution is 5.98. The predicted molar refractivity (Wildman–Crippen MR) is 133 cm³/mol. The lowest BCUT2D eigenvalue weighted by Gasteiger charge is -2.40. The number of Topliss-reactive ketones (excluding diaryl/α,β-unsaturated/α-hetero) is 2. The molecule has 0 bridgehead atoms. The van der Waals surface area contributed by atoms with E-state index in [1.165, 1.54) is 23.1 Å². The highest BCUT2D eigenvalue weighted by atomic mass is 16.6. The molecule has 2 aromatic rings. The molecule has 3 rings (SSSR count). The average Bonchev–Trinajstić information content (AvgIpc) is 2.84. The number of amides is 1. The van der Waals surface area contributed by atoms with Crippen LogP contribution >= 0.6 is 0 Å². The molecule has 1 aliphatic rings. The lowest BCUT2D eigenvalue weighted by molar-refractivity contribution is -0.385. The number of hydrogen-bond acceptors (Lipinski definition) is 7. The monoisotopic (exact) mass is 496 g/mol. The molecule has 1 fully saturated rings. The molecule has 36 heavy (non-hydrogen) atoms. The normalized spacial score (nSPS) is 19.9. The number of aromatic hydroxyl groups is 1. The lowest BCUT2D eigenvalue weighted by Crippen LogP contribution is -2.55. The van der Waals surface area contributed by atoms with E-state index in [-0.39, 0.29) is 41.0 Å². The number of nitro benzene ring substituents is 1. The third-order valence-electron chi connectivity index (χ3n) is 6.71. The van der Waals surface area contributed by atoms with Crippen molar-refractivity contribution < 1.29 is 29.2 Å². The number of unbranched alkanes of at least 4 members (excludes halogenated alkanes) is 1. The number of benzene rings is 2. The predicted octanol–water partition coefficient (Wildman–Crippen LogP) is 4.23. The lowest BCUT2D eigenvalue weighted by atomic mass is 9.78. The SMILES string of the molecule is CC(=O)CCCCOc1ccc(CC2C(=O)[C@H](C)N(Cc3cc([N+](=O)[O-])ccc3O)C(=O)[C@@H]2C)cc1. The van der Waals surface area contributed by atoms with E-state index >= 15 is 0 Å². The number of nitrogens with zero attached hydrogens (tertiary/aromatic N) is 2. The molecule has 0 saturated carbocycles. The number of hydrogen-bond donors (Lipinski definition) is 1. The minimum absolute atomic E-state index is 0.0854. The molecular weight excluding hydrogens is 464 g/mol. The van der Waals surface area contributed by atoms with E-state index in [1.54, 1.807) is 20.8 Å². The van der Waals surface area contributed by atoms with Crippen LogP contribution in [0.1, 0.15) is 51.2 Å². The third kappa shape index (κ3) is 6.47. The van der Waals surface area contributed by atoms with Crippen molar-refractivity contribution in [3.8, 4) is 11.5 Å². The van der Waals surface area contributed by atoms with Gasteiger partial charge in [-0.25, -0.2) is 0 Å². The van der Waals surface area contributed by atoms with Gasteiger partial charge in [-0.2, -0.15) is 0 Å². The van der Waals surface area contributed by atoms with Crippen LogP contribution in [0.5, 0.6) is 11.5 Å². The molecule has 9 nitrogen and oxygen atoms in total. The Morgan fingerprint density at radius 1 is 1.11 bits per heavy atom. The van der Waals surface area contributed by atoms with Crippen LogP contribution in [0.3, 0.4) is 0 Å². The van der Waals surface area contributed by atoms with E-state index < -0.39 is 22.8 Å². The van der Waals surface area contributed by atoms with E-state index in [4.69, 9.17) is 4.74 Å². The van der Waals surface area contributed by atoms with Crippen LogP contribution in [0, 0.1) is 22.0 Å². The Hall–Kier alpha value is -3.75. The van der Waals surface area contributed by atoms with Gasteiger partial charge in [-0.3, -0.25) is 19.7 Å². The van der Waals surface area contributed by atoms with Crippen LogP contribution in [-0.2, 0) is 27.3 Å². The van der Waals surface area contributed by atoms with Gasteiger partial charge in [0.15, 0.2) is 5.78 Å². The van der Waals surface area contributed by atoms with Gasteiger partial charge in [-0.15, -0.1) is 0 Å². The number of carbonyl (C=O) groups excluding carboxylic acids is 3. The van der Waals surface area contributed by atoms with Crippen molar-refractivity contribution >= 4 is 23.2 Å². The summed E-state index contributed by atoms with van der Waals surface area (Å²) in [4.78, 5) is 49.4. The van der Waals surface area contributed by atoms with Gasteiger partial charge < -0.3 is 19.5 Å². The molecule has 1 unspecified atom stereocenters. The van der Waals surface area contributed by atoms with Crippen molar-refractivity contribution in [3.63, 3.8) is 0 Å². The van der Waals surface area contributed by atoms with Crippen LogP contribution in [0.25, 0.3) is 0 Å². The summed E-state index contributed by atoms with van der Waals surface area (Å²) in [6.07, 6.45) is 2.54. The Kier molecular flexibility index (Phi) is 8.79. The van der Waals surface area contributed by atoms with Gasteiger partial charge in [-0.05, 0) is 56.9 Å². The van der Waals surface area contributed by atoms with E-state index in [0.717, 1.165) is 18.4 Å². The second-order valence-corrected chi connectivity index (χ2v) is 9.37. The molecule has 0 radical (unpaired) electrons. The van der Waals surface area contributed by atoms with E-state index in [0.29, 0.717) is 25.2 Å². The molecule has 0 spiro atoms. The standard InChI is InChI=1S/C27H32N2O7/c1-17(30)6-4-5-13-36-23-10-7-20(8-11-23)14-24-18(2)27(33)28(19(3)26(24)32)16-21-15-22(29(34)35)9-12-25(21)31/h7-12,15,18-19,24,31H,4-6,13-14,16H2,1-3H3/t18-,19+,24?/m1/s1. The molecule has 1 amide bonds. The first kappa shape index (κ1) is 26.8. The molecule has 192 valence electrons. The largest absolute Gasteiger partial charge is 0.508 e. The Morgan fingerprint density at radius 2 is 1.81 bits per heavy atom. The zero-order valence-electron chi connectivity index (χ0n) is 20.8. The van der Waals surface area contributed by atoms with Crippen LogP contribution in [-0.4, -0.2) is 45.1 Å². The van der Waals surface area contributed by atoms with E-state index in [1.807, 2.05) is 24.3 Å². The number of non-ortho nitro benzene ring substituents is 1. The first-order valence-corrected chi connectivity index (χ1v) is 12.1. The van der Waals surface area contributed by atoms with Crippen LogP contribution in [0.2, 0.25) is 0 Å². The fourth-order valence-electron chi connectivity index (χ4n) is 4.46. The first-order valence-electron chi connectivity index (χ1n) is 12.1. The highest BCUT2D eigenvalue weighted by Gasteiger charge is 2.43. The third-order valence-corrected chi connectivity index (χ3v) is 6.71. The Labute approximate surface area is 210 Å². The number of phenolic OH excluding ortho intramolecular Hbond substituents is 1. The minimum Gasteiger partial charge on any atom is -0.508 e. The first-order chi connectivity index (χ1) is 17.1. The summed E-state index contributed by atoms with van der Waals surface area (Å²) in [5, 5.41) is 21.3. The van der Waals surface area contributed by atoms with Crippen molar-refractivity contribution in [1.82, 2.24) is 4.90 Å². The maximum atomic E-state index is 13.3. The quantitative estimate of drug-likeness (QED) is 0.280. The van der Waals surface area contributed by atoms with Gasteiger partial charge >= 0.3 is 0 Å². The number of phenols is 1. The van der Waals surface area contributed by atoms with Crippen molar-refractivity contribution in [2.24, 2.45) is 11.8 Å². The van der Waals surface area contributed by atoms with Crippen molar-refractivity contribution in [1.29, 1.82) is 0 Å². The van der Waals surface area contributed by atoms with Crippen LogP contribution in [0.4, 0.5) is 5.69 Å². The van der Waals surface area contributed by atoms with Gasteiger partial charge in [-0.1, -0.05) is 19.1 Å². The van der Waals surface area contributed by atoms with Gasteiger partial charge in [0.25, 0.3) is 5.69 Å². The fraction of sp³-hybridized carbons (Fsp3) is 0.444. The van der Waals surface area contributed by atoms with Gasteiger partial charge in [0.2, 0.25) is 5.91 Å². The summed E-state index contributed by atoms with van der Waals surface area (Å²) in [6.45, 7) is 5.37. The fourth-order valence-corrected chi connectivity index (χ4v) is 4.46. The van der Waals surface area contributed by atoms with Gasteiger partial charge in [0.05, 0.1) is 24.1 Å². The number of piperidine rings is 1. The van der Waals surface area contributed by atoms with Crippen molar-refractivity contribution in [2.45, 2.75) is 59.0 Å². The molecule has 1 N–H and O–H groups in total. The Balaban J connectivity index is 1.63. The number of carbonyl (C=O) groups is 3. The zero-order chi connectivity index (χ0) is 26.4. The second kappa shape index (κ2) is 11.8. The summed E-state index contributed by atoms with van der Waals surface area (Å²) in [7, 11) is 0. The van der Waals surface area contributed by atoms with E-state index in [9.17, 15) is 29.6 Å². The summed E-state index contributed by atoms with van der Waals surface area (Å²) in [6, 6.07) is 10.3. The summed E-state index contributed by atoms with van der Waals surface area (Å²) in [5.41, 5.74) is 0.939. The second-order valence-electron chi connectivity index (χ2n) is 9.37. The average molecular weight is 497 g/mol. The summed E-state index contributed by atoms with van der Waals surface area (Å²) >= 11 is 0. The Morgan fingerprint density at radius 3 is 2.44 bits per heavy atom. The molecule has 0 aliphatic carbocycles. The molecule has 9 heteroatoms.